The number of benzene rings is 1. The largest absolute Gasteiger partial charge is 0.461 e. The van der Waals surface area contributed by atoms with Gasteiger partial charge >= 0.3 is 6.18 Å². The molecule has 5 unspecified atom stereocenters. The molecule has 2 aliphatic heterocycles. The molecule has 1 saturated carbocycles. The van der Waals surface area contributed by atoms with E-state index in [2.05, 4.69) is 40.2 Å². The minimum Gasteiger partial charge on any atom is -0.461 e. The molecule has 4 heterocycles. The number of hydrogen-bond acceptors (Lipinski definition) is 5. The molecular formula is C28H27F3N4O3. The predicted octanol–water partition coefficient (Wildman–Crippen LogP) is 5.80. The third-order valence-corrected chi connectivity index (χ3v) is 9.10. The third kappa shape index (κ3) is 3.35. The number of nitrogens with one attached hydrogen (secondary N) is 2. The normalized spacial score (nSPS) is 31.8. The Morgan fingerprint density at radius 3 is 2.82 bits per heavy atom. The number of aromatic nitrogens is 3. The van der Waals surface area contributed by atoms with Crippen LogP contribution >= 0.6 is 0 Å². The number of imidazole rings is 1. The van der Waals surface area contributed by atoms with Crippen LogP contribution in [0.3, 0.4) is 0 Å². The molecule has 3 aromatic rings. The summed E-state index contributed by atoms with van der Waals surface area (Å²) in [6, 6.07) is 3.60. The highest BCUT2D eigenvalue weighted by molar-refractivity contribution is 5.93. The second kappa shape index (κ2) is 7.59. The molecule has 198 valence electrons. The number of aryl methyl sites for hydroxylation is 1. The van der Waals surface area contributed by atoms with Gasteiger partial charge in [-0.2, -0.15) is 13.2 Å². The molecule has 2 N–H and O–H groups in total. The van der Waals surface area contributed by atoms with Gasteiger partial charge in [0.15, 0.2) is 0 Å². The fourth-order valence-corrected chi connectivity index (χ4v) is 6.76. The number of aromatic amines is 1. The van der Waals surface area contributed by atoms with E-state index < -0.39 is 11.7 Å². The number of ether oxygens (including phenoxy) is 2. The van der Waals surface area contributed by atoms with E-state index in [1.807, 2.05) is 6.92 Å². The van der Waals surface area contributed by atoms with Crippen molar-refractivity contribution in [2.24, 2.45) is 11.3 Å². The molecule has 0 radical (unpaired) electrons. The number of H-pyrrole nitrogens is 1. The lowest BCUT2D eigenvalue weighted by Crippen LogP contribution is -2.47. The van der Waals surface area contributed by atoms with E-state index in [0.717, 1.165) is 34.8 Å². The lowest BCUT2D eigenvalue weighted by atomic mass is 9.64. The minimum atomic E-state index is -4.41. The van der Waals surface area contributed by atoms with Gasteiger partial charge < -0.3 is 19.8 Å². The molecule has 2 fully saturated rings. The summed E-state index contributed by atoms with van der Waals surface area (Å²) < 4.78 is 52.7. The predicted molar refractivity (Wildman–Crippen MR) is 133 cm³/mol. The standard InChI is InChI=1S/C28H27F3N4O3/c1-13-12-32-24-16(5-7-19(36)35-24)22(13)37-15-8-9-27(3)26(2,11-15)21-20(23(21)38-27)25-33-17-6-4-14(28(29,30)31)10-18(17)34-25/h4,6,8,10,12,20-21,23H,5,7,9,11H2,1-3H3,(H,33,34)(H,32,35,36). The maximum atomic E-state index is 13.2. The Balaban J connectivity index is 1.16. The number of allylic oxidation sites excluding steroid dienone is 1. The average Bonchev–Trinajstić information content (AvgIpc) is 3.30. The van der Waals surface area contributed by atoms with Gasteiger partial charge in [-0.05, 0) is 51.0 Å². The number of anilines is 1. The van der Waals surface area contributed by atoms with E-state index in [1.165, 1.54) is 6.07 Å². The van der Waals surface area contributed by atoms with Gasteiger partial charge in [-0.1, -0.05) is 6.92 Å². The van der Waals surface area contributed by atoms with Gasteiger partial charge in [-0.25, -0.2) is 9.97 Å². The molecule has 0 bridgehead atoms. The molecule has 1 aromatic carbocycles. The summed E-state index contributed by atoms with van der Waals surface area (Å²) in [5, 5.41) is 2.83. The minimum absolute atomic E-state index is 0.0141. The number of carbonyl (C=O) groups is 1. The topological polar surface area (TPSA) is 89.1 Å². The van der Waals surface area contributed by atoms with Crippen molar-refractivity contribution in [3.05, 3.63) is 58.7 Å². The quantitative estimate of drug-likeness (QED) is 0.452. The first kappa shape index (κ1) is 23.7. The van der Waals surface area contributed by atoms with Crippen LogP contribution in [0.4, 0.5) is 19.0 Å². The van der Waals surface area contributed by atoms with E-state index in [4.69, 9.17) is 9.47 Å². The van der Waals surface area contributed by atoms with E-state index >= 15 is 0 Å². The molecule has 0 spiro atoms. The molecule has 1 amide bonds. The van der Waals surface area contributed by atoms with Crippen molar-refractivity contribution in [1.82, 2.24) is 15.0 Å². The van der Waals surface area contributed by atoms with Gasteiger partial charge in [0.05, 0.1) is 28.3 Å². The fourth-order valence-electron chi connectivity index (χ4n) is 6.76. The lowest BCUT2D eigenvalue weighted by molar-refractivity contribution is -0.137. The van der Waals surface area contributed by atoms with Gasteiger partial charge in [0.25, 0.3) is 0 Å². The van der Waals surface area contributed by atoms with Crippen LogP contribution in [0.15, 0.2) is 36.2 Å². The zero-order valence-electron chi connectivity index (χ0n) is 21.2. The van der Waals surface area contributed by atoms with Crippen LogP contribution in [0.25, 0.3) is 11.0 Å². The Hall–Kier alpha value is -3.40. The van der Waals surface area contributed by atoms with Crippen molar-refractivity contribution >= 4 is 22.8 Å². The summed E-state index contributed by atoms with van der Waals surface area (Å²) in [6.07, 6.45) is 1.67. The fraction of sp³-hybridized carbons (Fsp3) is 0.464. The number of amides is 1. The lowest BCUT2D eigenvalue weighted by Gasteiger charge is -2.46. The number of halogens is 3. The molecule has 10 heteroatoms. The highest BCUT2D eigenvalue weighted by Crippen LogP contribution is 2.72. The molecular weight excluding hydrogens is 497 g/mol. The van der Waals surface area contributed by atoms with Gasteiger partial charge in [0, 0.05) is 47.4 Å². The Labute approximate surface area is 216 Å². The number of hydrogen-bond donors (Lipinski definition) is 2. The van der Waals surface area contributed by atoms with Gasteiger partial charge in [-0.15, -0.1) is 0 Å². The molecule has 2 aromatic heterocycles. The first-order valence-electron chi connectivity index (χ1n) is 12.9. The number of rotatable bonds is 3. The molecule has 2 aliphatic carbocycles. The van der Waals surface area contributed by atoms with Crippen molar-refractivity contribution in [2.75, 3.05) is 5.32 Å². The summed E-state index contributed by atoms with van der Waals surface area (Å²) in [6.45, 7) is 6.30. The second-order valence-electron chi connectivity index (χ2n) is 11.4. The Morgan fingerprint density at radius 1 is 1.21 bits per heavy atom. The molecule has 7 rings (SSSR count). The van der Waals surface area contributed by atoms with Crippen LogP contribution in [0.2, 0.25) is 0 Å². The zero-order valence-corrected chi connectivity index (χ0v) is 21.2. The number of nitrogens with zero attached hydrogens (tertiary/aromatic N) is 2. The summed E-state index contributed by atoms with van der Waals surface area (Å²) in [5.74, 6) is 2.92. The smallest absolute Gasteiger partial charge is 0.416 e. The van der Waals surface area contributed by atoms with Gasteiger partial charge in [0.2, 0.25) is 5.91 Å². The molecule has 7 nitrogen and oxygen atoms in total. The third-order valence-electron chi connectivity index (χ3n) is 9.10. The van der Waals surface area contributed by atoms with Crippen molar-refractivity contribution in [2.45, 2.75) is 70.3 Å². The van der Waals surface area contributed by atoms with Crippen LogP contribution in [-0.2, 0) is 22.1 Å². The summed E-state index contributed by atoms with van der Waals surface area (Å²) in [5.41, 5.74) is 1.40. The number of carbonyl (C=O) groups excluding carboxylic acids is 1. The number of fused-ring (bicyclic) bond motifs is 5. The Bertz CT molecular complexity index is 1550. The first-order chi connectivity index (χ1) is 18.0. The average molecular weight is 525 g/mol. The van der Waals surface area contributed by atoms with E-state index in [1.54, 1.807) is 6.20 Å². The van der Waals surface area contributed by atoms with Crippen LogP contribution in [0.1, 0.15) is 61.5 Å². The SMILES string of the molecule is Cc1cnc2c(c1OC1=CCC3(C)OC4C(c5nc6ccc(C(F)(F)F)cc6[nH]5)C4C3(C)C1)CCC(=O)N2. The Morgan fingerprint density at radius 2 is 2.03 bits per heavy atom. The van der Waals surface area contributed by atoms with E-state index in [9.17, 15) is 18.0 Å². The van der Waals surface area contributed by atoms with E-state index in [-0.39, 0.29) is 34.9 Å². The van der Waals surface area contributed by atoms with Crippen molar-refractivity contribution in [3.8, 4) is 5.75 Å². The summed E-state index contributed by atoms with van der Waals surface area (Å²) >= 11 is 0. The van der Waals surface area contributed by atoms with Crippen LogP contribution < -0.4 is 10.1 Å². The number of pyridine rings is 1. The van der Waals surface area contributed by atoms with Gasteiger partial charge in [0.1, 0.15) is 23.2 Å². The highest BCUT2D eigenvalue weighted by atomic mass is 19.4. The van der Waals surface area contributed by atoms with Crippen molar-refractivity contribution in [1.29, 1.82) is 0 Å². The van der Waals surface area contributed by atoms with Gasteiger partial charge in [-0.3, -0.25) is 4.79 Å². The molecule has 5 atom stereocenters. The van der Waals surface area contributed by atoms with Crippen LogP contribution in [0, 0.1) is 18.3 Å². The second-order valence-corrected chi connectivity index (χ2v) is 11.4. The number of alkyl halides is 3. The molecule has 38 heavy (non-hydrogen) atoms. The monoisotopic (exact) mass is 524 g/mol. The zero-order chi connectivity index (χ0) is 26.6. The summed E-state index contributed by atoms with van der Waals surface area (Å²) in [4.78, 5) is 24.0. The van der Waals surface area contributed by atoms with E-state index in [0.29, 0.717) is 48.4 Å². The molecule has 1 saturated heterocycles. The maximum absolute atomic E-state index is 13.2. The highest BCUT2D eigenvalue weighted by Gasteiger charge is 2.75. The van der Waals surface area contributed by atoms with Crippen molar-refractivity contribution in [3.63, 3.8) is 0 Å². The van der Waals surface area contributed by atoms with Crippen molar-refractivity contribution < 1.29 is 27.4 Å². The molecule has 4 aliphatic rings. The summed E-state index contributed by atoms with van der Waals surface area (Å²) in [7, 11) is 0. The Kier molecular flexibility index (Phi) is 4.73. The maximum Gasteiger partial charge on any atom is 0.416 e. The van der Waals surface area contributed by atoms with Crippen LogP contribution in [-0.4, -0.2) is 32.6 Å². The first-order valence-corrected chi connectivity index (χ1v) is 12.9. The van der Waals surface area contributed by atoms with Crippen LogP contribution in [0.5, 0.6) is 5.75 Å².